The van der Waals surface area contributed by atoms with Gasteiger partial charge in [0.2, 0.25) is 9.84 Å². The second-order valence-electron chi connectivity index (χ2n) is 10.9. The summed E-state index contributed by atoms with van der Waals surface area (Å²) in [5, 5.41) is 17.4. The number of halogens is 1. The molecule has 1 amide bonds. The zero-order valence-corrected chi connectivity index (χ0v) is 24.2. The number of anilines is 3. The number of H-pyrrole nitrogens is 1. The van der Waals surface area contributed by atoms with Gasteiger partial charge in [-0.05, 0) is 87.6 Å². The smallest absolute Gasteiger partial charge is 0.258 e. The van der Waals surface area contributed by atoms with E-state index in [4.69, 9.17) is 0 Å². The number of hydrogen-bond acceptors (Lipinski definition) is 8. The summed E-state index contributed by atoms with van der Waals surface area (Å²) < 4.78 is 40.2. The first-order valence-corrected chi connectivity index (χ1v) is 15.6. The van der Waals surface area contributed by atoms with Gasteiger partial charge in [0.15, 0.2) is 5.82 Å². The highest BCUT2D eigenvalue weighted by Gasteiger charge is 2.23. The molecule has 0 saturated carbocycles. The summed E-state index contributed by atoms with van der Waals surface area (Å²) in [6.07, 6.45) is 1.90. The predicted molar refractivity (Wildman–Crippen MR) is 162 cm³/mol. The number of aromatic amines is 1. The number of piperazine rings is 1. The molecular formula is C30H34FN7O3S. The summed E-state index contributed by atoms with van der Waals surface area (Å²) in [7, 11) is -1.87. The summed E-state index contributed by atoms with van der Waals surface area (Å²) in [6, 6.07) is 15.4. The molecule has 42 heavy (non-hydrogen) atoms. The third-order valence-corrected chi connectivity index (χ3v) is 9.75. The van der Waals surface area contributed by atoms with Gasteiger partial charge in [0.1, 0.15) is 5.82 Å². The van der Waals surface area contributed by atoms with E-state index in [9.17, 15) is 17.6 Å². The lowest BCUT2D eigenvalue weighted by Crippen LogP contribution is -2.44. The summed E-state index contributed by atoms with van der Waals surface area (Å²) in [5.41, 5.74) is 2.85. The van der Waals surface area contributed by atoms with Gasteiger partial charge in [-0.15, -0.1) is 0 Å². The molecule has 10 nitrogen and oxygen atoms in total. The van der Waals surface area contributed by atoms with Crippen molar-refractivity contribution in [2.75, 3.05) is 61.8 Å². The minimum Gasteiger partial charge on any atom is -0.382 e. The van der Waals surface area contributed by atoms with E-state index in [1.807, 2.05) is 12.1 Å². The van der Waals surface area contributed by atoms with Crippen LogP contribution in [0.15, 0.2) is 70.5 Å². The van der Waals surface area contributed by atoms with Gasteiger partial charge in [0.05, 0.1) is 20.9 Å². The maximum absolute atomic E-state index is 13.8. The van der Waals surface area contributed by atoms with Crippen molar-refractivity contribution >= 4 is 43.8 Å². The summed E-state index contributed by atoms with van der Waals surface area (Å²) >= 11 is 0. The molecule has 6 rings (SSSR count). The minimum absolute atomic E-state index is 0.0257. The number of nitrogens with zero attached hydrogens (tertiary/aromatic N) is 3. The average molecular weight is 592 g/mol. The zero-order valence-electron chi connectivity index (χ0n) is 23.4. The Morgan fingerprint density at radius 2 is 1.74 bits per heavy atom. The number of fused-ring (bicyclic) bond motifs is 1. The van der Waals surface area contributed by atoms with Gasteiger partial charge >= 0.3 is 0 Å². The monoisotopic (exact) mass is 591 g/mol. The Labute approximate surface area is 244 Å². The van der Waals surface area contributed by atoms with Crippen LogP contribution in [-0.4, -0.2) is 81.8 Å². The van der Waals surface area contributed by atoms with Crippen molar-refractivity contribution < 1.29 is 17.6 Å². The fourth-order valence-corrected chi connectivity index (χ4v) is 6.82. The summed E-state index contributed by atoms with van der Waals surface area (Å²) in [5.74, 6) is -0.786. The van der Waals surface area contributed by atoms with Crippen LogP contribution in [0.4, 0.5) is 21.6 Å². The number of hydrogen-bond donors (Lipinski definition) is 4. The molecule has 0 atom stereocenters. The lowest BCUT2D eigenvalue weighted by molar-refractivity contribution is 0.102. The Morgan fingerprint density at radius 3 is 2.50 bits per heavy atom. The molecule has 0 unspecified atom stereocenters. The van der Waals surface area contributed by atoms with Gasteiger partial charge in [0, 0.05) is 49.0 Å². The molecule has 0 bridgehead atoms. The normalized spacial score (nSPS) is 17.0. The molecule has 0 spiro atoms. The van der Waals surface area contributed by atoms with Crippen LogP contribution in [0, 0.1) is 5.82 Å². The number of rotatable bonds is 7. The lowest BCUT2D eigenvalue weighted by Gasteiger charge is -2.34. The van der Waals surface area contributed by atoms with Crippen molar-refractivity contribution in [3.63, 3.8) is 0 Å². The van der Waals surface area contributed by atoms with E-state index in [0.29, 0.717) is 16.5 Å². The van der Waals surface area contributed by atoms with Crippen LogP contribution < -0.4 is 20.9 Å². The molecule has 4 N–H and O–H groups in total. The molecule has 1 aromatic heterocycles. The van der Waals surface area contributed by atoms with E-state index in [-0.39, 0.29) is 27.6 Å². The third kappa shape index (κ3) is 5.83. The third-order valence-electron chi connectivity index (χ3n) is 8.00. The van der Waals surface area contributed by atoms with Crippen LogP contribution in [-0.2, 0) is 9.84 Å². The van der Waals surface area contributed by atoms with Crippen molar-refractivity contribution in [2.45, 2.75) is 28.7 Å². The molecule has 0 aliphatic carbocycles. The number of carbonyl (C=O) groups excluding carboxylic acids is 1. The van der Waals surface area contributed by atoms with E-state index in [1.165, 1.54) is 30.3 Å². The molecule has 2 aliphatic rings. The molecule has 0 radical (unpaired) electrons. The van der Waals surface area contributed by atoms with E-state index >= 15 is 0 Å². The second kappa shape index (κ2) is 11.7. The molecular weight excluding hydrogens is 557 g/mol. The van der Waals surface area contributed by atoms with Crippen molar-refractivity contribution in [3.8, 4) is 0 Å². The lowest BCUT2D eigenvalue weighted by atomic mass is 10.0. The van der Waals surface area contributed by atoms with Crippen LogP contribution in [0.5, 0.6) is 0 Å². The number of aromatic nitrogens is 2. The van der Waals surface area contributed by atoms with Gasteiger partial charge < -0.3 is 25.8 Å². The highest BCUT2D eigenvalue weighted by Crippen LogP contribution is 2.30. The first kappa shape index (κ1) is 28.1. The molecule has 3 aromatic carbocycles. The van der Waals surface area contributed by atoms with Gasteiger partial charge in [0.25, 0.3) is 5.91 Å². The molecule has 2 aliphatic heterocycles. The fourth-order valence-electron chi connectivity index (χ4n) is 5.50. The number of carbonyl (C=O) groups is 1. The van der Waals surface area contributed by atoms with Crippen molar-refractivity contribution in [2.24, 2.45) is 0 Å². The Hall–Kier alpha value is -4.00. The number of likely N-dealkylation sites (N-methyl/N-ethyl adjacent to an activating group) is 1. The topological polar surface area (TPSA) is 122 Å². The quantitative estimate of drug-likeness (QED) is 0.257. The Kier molecular flexibility index (Phi) is 7.84. The highest BCUT2D eigenvalue weighted by atomic mass is 32.2. The Balaban J connectivity index is 1.30. The van der Waals surface area contributed by atoms with Gasteiger partial charge in [-0.25, -0.2) is 12.8 Å². The Bertz CT molecular complexity index is 1710. The van der Waals surface area contributed by atoms with Crippen LogP contribution in [0.25, 0.3) is 10.9 Å². The number of nitrogens with one attached hydrogen (secondary N) is 4. The van der Waals surface area contributed by atoms with Crippen LogP contribution in [0.3, 0.4) is 0 Å². The summed E-state index contributed by atoms with van der Waals surface area (Å²) in [6.45, 7) is 5.60. The van der Waals surface area contributed by atoms with Crippen LogP contribution in [0.1, 0.15) is 23.2 Å². The molecule has 12 heteroatoms. The van der Waals surface area contributed by atoms with Crippen molar-refractivity contribution in [3.05, 3.63) is 72.0 Å². The molecule has 220 valence electrons. The molecule has 2 saturated heterocycles. The SMILES string of the molecule is CN1CCN(c2ccc(C(=O)Nc3n[nH]c4ccc(S(=O)(=O)c5cccc(F)c5)cc34)c(NC3CCNCC3)c2)CC1. The standard InChI is InChI=1S/C30H34FN7O3S/c1-37-13-15-38(16-14-37)22-5-7-25(28(18-22)33-21-9-11-32-12-10-21)30(39)34-29-26-19-24(6-8-27(26)35-36-29)42(40,41)23-4-2-3-20(31)17-23/h2-8,17-19,21,32-33H,9-16H2,1H3,(H2,34,35,36,39). The molecule has 2 fully saturated rings. The molecule has 4 aromatic rings. The number of sulfone groups is 1. The average Bonchev–Trinajstić information content (AvgIpc) is 3.40. The number of benzene rings is 3. The zero-order chi connectivity index (χ0) is 29.3. The number of amides is 1. The fraction of sp³-hybridized carbons (Fsp3) is 0.333. The molecule has 3 heterocycles. The number of piperidine rings is 1. The van der Waals surface area contributed by atoms with Crippen molar-refractivity contribution in [1.82, 2.24) is 20.4 Å². The van der Waals surface area contributed by atoms with Crippen LogP contribution >= 0.6 is 0 Å². The Morgan fingerprint density at radius 1 is 0.976 bits per heavy atom. The highest BCUT2D eigenvalue weighted by molar-refractivity contribution is 7.91. The minimum atomic E-state index is -3.99. The van der Waals surface area contributed by atoms with Gasteiger partial charge in [-0.1, -0.05) is 6.07 Å². The predicted octanol–water partition coefficient (Wildman–Crippen LogP) is 3.70. The van der Waals surface area contributed by atoms with E-state index in [2.05, 4.69) is 49.1 Å². The van der Waals surface area contributed by atoms with Crippen LogP contribution in [0.2, 0.25) is 0 Å². The maximum Gasteiger partial charge on any atom is 0.258 e. The van der Waals surface area contributed by atoms with E-state index < -0.39 is 15.7 Å². The first-order valence-electron chi connectivity index (χ1n) is 14.1. The van der Waals surface area contributed by atoms with Crippen molar-refractivity contribution in [1.29, 1.82) is 0 Å². The first-order chi connectivity index (χ1) is 20.3. The van der Waals surface area contributed by atoms with Gasteiger partial charge in [-0.3, -0.25) is 9.89 Å². The summed E-state index contributed by atoms with van der Waals surface area (Å²) in [4.78, 5) is 18.1. The van der Waals surface area contributed by atoms with Gasteiger partial charge in [-0.2, -0.15) is 5.10 Å². The largest absolute Gasteiger partial charge is 0.382 e. The van der Waals surface area contributed by atoms with E-state index in [0.717, 1.165) is 69.6 Å². The van der Waals surface area contributed by atoms with E-state index in [1.54, 1.807) is 6.07 Å². The second-order valence-corrected chi connectivity index (χ2v) is 12.8. The maximum atomic E-state index is 13.8.